The van der Waals surface area contributed by atoms with E-state index < -0.39 is 0 Å². The number of para-hydroxylation sites is 3. The molecule has 0 N–H and O–H groups in total. The highest BCUT2D eigenvalue weighted by Crippen LogP contribution is 2.54. The van der Waals surface area contributed by atoms with Gasteiger partial charge in [-0.1, -0.05) is 222 Å². The Kier molecular flexibility index (Phi) is 9.79. The molecule has 0 spiro atoms. The van der Waals surface area contributed by atoms with Crippen molar-refractivity contribution < 1.29 is 0 Å². The fraction of sp³-hybridized carbons (Fsp3) is 0.111. The molecule has 0 bridgehead atoms. The van der Waals surface area contributed by atoms with Crippen LogP contribution in [-0.2, 0) is 16.2 Å². The Morgan fingerprint density at radius 2 is 0.482 bits per heavy atom. The molecular formula is C81H60BN3. The second kappa shape index (κ2) is 17.1. The van der Waals surface area contributed by atoms with Gasteiger partial charge in [0.05, 0.1) is 33.1 Å². The highest BCUT2D eigenvalue weighted by Gasteiger charge is 2.39. The molecule has 0 radical (unpaired) electrons. The standard InChI is InChI=1S/C81H60BN3/c1-79(2)67-25-13-7-19-55(67)61-43-64-58-22-10-16-28-73(58)83(76(64)46-70(61)79)52-37-31-49(32-38-52)82(50-33-39-53(40-34-50)84-74-29-17-11-23-59(74)65-44-62-56-20-8-14-26-68(56)80(3,4)71(62)47-77(65)84)51-35-41-54(42-36-51)85-75-30-18-12-24-60(75)66-45-63-57-21-9-15-27-69(57)81(5,6)72(63)48-78(66)85/h7-48H,1-6H3. The largest absolute Gasteiger partial charge is 0.309 e. The lowest BCUT2D eigenvalue weighted by molar-refractivity contribution is 0.661. The summed E-state index contributed by atoms with van der Waals surface area (Å²) in [7, 11) is 0. The Morgan fingerprint density at radius 3 is 0.776 bits per heavy atom. The second-order valence-corrected chi connectivity index (χ2v) is 26.0. The van der Waals surface area contributed by atoms with E-state index in [0.29, 0.717) is 0 Å². The van der Waals surface area contributed by atoms with Crippen LogP contribution in [0.4, 0.5) is 0 Å². The van der Waals surface area contributed by atoms with Crippen molar-refractivity contribution in [3.63, 3.8) is 0 Å². The van der Waals surface area contributed by atoms with E-state index >= 15 is 0 Å². The summed E-state index contributed by atoms with van der Waals surface area (Å²) >= 11 is 0. The summed E-state index contributed by atoms with van der Waals surface area (Å²) in [5, 5.41) is 7.66. The third-order valence-electron chi connectivity index (χ3n) is 20.6. The topological polar surface area (TPSA) is 14.8 Å². The van der Waals surface area contributed by atoms with Gasteiger partial charge in [0.1, 0.15) is 0 Å². The van der Waals surface area contributed by atoms with Crippen LogP contribution in [0.15, 0.2) is 255 Å². The summed E-state index contributed by atoms with van der Waals surface area (Å²) in [4.78, 5) is 0. The molecular weight excluding hydrogens is 1030 g/mol. The molecule has 3 aromatic heterocycles. The molecule has 12 aromatic carbocycles. The minimum Gasteiger partial charge on any atom is -0.309 e. The van der Waals surface area contributed by atoms with Crippen molar-refractivity contribution in [1.82, 2.24) is 13.7 Å². The van der Waals surface area contributed by atoms with Crippen LogP contribution in [0.5, 0.6) is 0 Å². The number of aromatic nitrogens is 3. The smallest absolute Gasteiger partial charge is 0.241 e. The molecule has 3 heterocycles. The number of hydrogen-bond donors (Lipinski definition) is 0. The molecule has 4 heteroatoms. The van der Waals surface area contributed by atoms with E-state index in [1.54, 1.807) is 0 Å². The van der Waals surface area contributed by atoms with Crippen LogP contribution in [0.2, 0.25) is 0 Å². The molecule has 0 atom stereocenters. The van der Waals surface area contributed by atoms with Gasteiger partial charge in [-0.15, -0.1) is 0 Å². The Hall–Kier alpha value is -9.90. The zero-order chi connectivity index (χ0) is 56.8. The van der Waals surface area contributed by atoms with Crippen LogP contribution in [-0.4, -0.2) is 20.4 Å². The van der Waals surface area contributed by atoms with E-state index in [9.17, 15) is 0 Å². The average molecular weight is 1090 g/mol. The third kappa shape index (κ3) is 6.57. The van der Waals surface area contributed by atoms with Crippen molar-refractivity contribution in [2.45, 2.75) is 57.8 Å². The lowest BCUT2D eigenvalue weighted by atomic mass is 9.37. The van der Waals surface area contributed by atoms with Crippen LogP contribution < -0.4 is 16.4 Å². The van der Waals surface area contributed by atoms with Gasteiger partial charge in [-0.05, 0) is 158 Å². The van der Waals surface area contributed by atoms with Gasteiger partial charge in [0.15, 0.2) is 0 Å². The molecule has 0 aliphatic heterocycles. The summed E-state index contributed by atoms with van der Waals surface area (Å²) in [5.74, 6) is 0. The van der Waals surface area contributed by atoms with Crippen molar-refractivity contribution in [3.8, 4) is 50.4 Å². The summed E-state index contributed by atoms with van der Waals surface area (Å²) in [6, 6.07) is 97.1. The van der Waals surface area contributed by atoms with Crippen LogP contribution in [0.1, 0.15) is 74.9 Å². The zero-order valence-corrected chi connectivity index (χ0v) is 48.7. The Labute approximate surface area is 495 Å². The quantitative estimate of drug-likeness (QED) is 0.147. The monoisotopic (exact) mass is 1090 g/mol. The predicted molar refractivity (Wildman–Crippen MR) is 360 cm³/mol. The molecule has 0 amide bonds. The molecule has 0 saturated heterocycles. The van der Waals surface area contributed by atoms with Crippen LogP contribution in [0.3, 0.4) is 0 Å². The Balaban J connectivity index is 0.790. The maximum absolute atomic E-state index is 2.49. The fourth-order valence-corrected chi connectivity index (χ4v) is 16.3. The lowest BCUT2D eigenvalue weighted by Gasteiger charge is -2.22. The molecule has 0 fully saturated rings. The molecule has 0 unspecified atom stereocenters. The zero-order valence-electron chi connectivity index (χ0n) is 48.7. The first kappa shape index (κ1) is 48.6. The predicted octanol–water partition coefficient (Wildman–Crippen LogP) is 18.4. The minimum absolute atomic E-state index is 0.0562. The molecule has 18 rings (SSSR count). The number of fused-ring (bicyclic) bond motifs is 18. The van der Waals surface area contributed by atoms with Crippen molar-refractivity contribution in [2.24, 2.45) is 0 Å². The van der Waals surface area contributed by atoms with E-state index in [4.69, 9.17) is 0 Å². The van der Waals surface area contributed by atoms with Gasteiger partial charge in [0, 0.05) is 65.6 Å². The first-order chi connectivity index (χ1) is 41.4. The number of hydrogen-bond acceptors (Lipinski definition) is 0. The fourth-order valence-electron chi connectivity index (χ4n) is 16.3. The summed E-state index contributed by atoms with van der Waals surface area (Å²) in [6.07, 6.45) is 0. The van der Waals surface area contributed by atoms with E-state index in [0.717, 1.165) is 17.1 Å². The lowest BCUT2D eigenvalue weighted by Crippen LogP contribution is -2.52. The van der Waals surface area contributed by atoms with Crippen molar-refractivity contribution >= 4 is 88.5 Å². The average Bonchev–Trinajstić information content (AvgIpc) is 1.64. The number of benzene rings is 12. The molecule has 3 aliphatic carbocycles. The summed E-state index contributed by atoms with van der Waals surface area (Å²) in [6.45, 7) is 14.2. The Morgan fingerprint density at radius 1 is 0.224 bits per heavy atom. The van der Waals surface area contributed by atoms with Gasteiger partial charge in [-0.3, -0.25) is 0 Å². The van der Waals surface area contributed by atoms with Gasteiger partial charge in [-0.25, -0.2) is 0 Å². The van der Waals surface area contributed by atoms with Crippen LogP contribution in [0, 0.1) is 0 Å². The second-order valence-electron chi connectivity index (χ2n) is 26.0. The van der Waals surface area contributed by atoms with Crippen LogP contribution >= 0.6 is 0 Å². The van der Waals surface area contributed by atoms with Crippen LogP contribution in [0.25, 0.3) is 116 Å². The molecule has 3 aliphatic rings. The molecule has 402 valence electrons. The van der Waals surface area contributed by atoms with Gasteiger partial charge < -0.3 is 13.7 Å². The normalized spacial score (nSPS) is 14.8. The minimum atomic E-state index is -0.111. The van der Waals surface area contributed by atoms with Crippen molar-refractivity contribution in [1.29, 1.82) is 0 Å². The maximum Gasteiger partial charge on any atom is 0.241 e. The third-order valence-corrected chi connectivity index (χ3v) is 20.6. The van der Waals surface area contributed by atoms with Crippen molar-refractivity contribution in [2.75, 3.05) is 0 Å². The van der Waals surface area contributed by atoms with E-state index in [1.807, 2.05) is 0 Å². The first-order valence-electron chi connectivity index (χ1n) is 30.3. The van der Waals surface area contributed by atoms with Crippen molar-refractivity contribution in [3.05, 3.63) is 288 Å². The van der Waals surface area contributed by atoms with Gasteiger partial charge in [0.2, 0.25) is 6.71 Å². The maximum atomic E-state index is 2.49. The molecule has 15 aromatic rings. The van der Waals surface area contributed by atoms with E-state index in [2.05, 4.69) is 310 Å². The number of nitrogens with zero attached hydrogens (tertiary/aromatic N) is 3. The van der Waals surface area contributed by atoms with Gasteiger partial charge in [-0.2, -0.15) is 0 Å². The van der Waals surface area contributed by atoms with E-state index in [1.165, 1.54) is 149 Å². The number of rotatable bonds is 6. The Bertz CT molecular complexity index is 4840. The molecule has 3 nitrogen and oxygen atoms in total. The van der Waals surface area contributed by atoms with E-state index in [-0.39, 0.29) is 23.0 Å². The summed E-state index contributed by atoms with van der Waals surface area (Å²) in [5.41, 5.74) is 30.6. The first-order valence-corrected chi connectivity index (χ1v) is 30.3. The summed E-state index contributed by atoms with van der Waals surface area (Å²) < 4.78 is 7.48. The molecule has 0 saturated carbocycles. The SMILES string of the molecule is CC1(C)c2ccccc2-c2cc3c4ccccc4n(-c4ccc(B(c5ccc(-n6c7ccccc7c7cc8c(cc76)C(C)(C)c6ccccc6-8)cc5)c5ccc(-n6c7ccccc7c7cc8c(cc76)C(C)(C)c6ccccc6-8)cc5)cc4)c3cc21. The van der Waals surface area contributed by atoms with Gasteiger partial charge >= 0.3 is 0 Å². The highest BCUT2D eigenvalue weighted by atomic mass is 15.0. The highest BCUT2D eigenvalue weighted by molar-refractivity contribution is 6.95. The van der Waals surface area contributed by atoms with Gasteiger partial charge in [0.25, 0.3) is 0 Å². The molecule has 85 heavy (non-hydrogen) atoms.